The molecule has 1 aliphatic rings. The first-order valence-corrected chi connectivity index (χ1v) is 6.80. The van der Waals surface area contributed by atoms with Crippen molar-refractivity contribution in [1.29, 1.82) is 0 Å². The smallest absolute Gasteiger partial charge is 0.337 e. The maximum absolute atomic E-state index is 12.5. The molecular weight excluding hydrogens is 316 g/mol. The van der Waals surface area contributed by atoms with Crippen LogP contribution in [-0.2, 0) is 4.74 Å². The number of methoxy groups -OCH3 is 1. The molecule has 8 nitrogen and oxygen atoms in total. The summed E-state index contributed by atoms with van der Waals surface area (Å²) in [6.07, 6.45) is 0. The Morgan fingerprint density at radius 2 is 1.75 bits per heavy atom. The van der Waals surface area contributed by atoms with E-state index in [0.29, 0.717) is 0 Å². The van der Waals surface area contributed by atoms with Crippen LogP contribution in [0.3, 0.4) is 0 Å². The van der Waals surface area contributed by atoms with Crippen molar-refractivity contribution in [2.75, 3.05) is 12.0 Å². The molecule has 0 saturated heterocycles. The van der Waals surface area contributed by atoms with E-state index in [4.69, 9.17) is 0 Å². The number of hydrogen-bond donors (Lipinski definition) is 0. The summed E-state index contributed by atoms with van der Waals surface area (Å²) >= 11 is 0. The van der Waals surface area contributed by atoms with Gasteiger partial charge in [0.15, 0.2) is 0 Å². The van der Waals surface area contributed by atoms with Crippen LogP contribution in [0.1, 0.15) is 31.1 Å². The van der Waals surface area contributed by atoms with Gasteiger partial charge in [0.05, 0.1) is 28.8 Å². The minimum Gasteiger partial charge on any atom is -0.465 e. The fourth-order valence-corrected chi connectivity index (χ4v) is 2.52. The largest absolute Gasteiger partial charge is 0.465 e. The van der Waals surface area contributed by atoms with Crippen LogP contribution in [0, 0.1) is 10.1 Å². The minimum atomic E-state index is -0.770. The molecule has 2 amide bonds. The standard InChI is InChI=1S/C16H10N2O6/c1-24-16(21)9-5-7-10(8-6-9)17-14(19)11-3-2-4-12(18(22)23)13(11)15(17)20/h2-8H,1H3. The van der Waals surface area contributed by atoms with E-state index in [1.54, 1.807) is 0 Å². The number of nitro groups is 1. The number of imide groups is 1. The molecule has 2 aromatic carbocycles. The van der Waals surface area contributed by atoms with Crippen LogP contribution < -0.4 is 4.90 Å². The molecule has 0 unspecified atom stereocenters. The number of amides is 2. The first kappa shape index (κ1) is 15.3. The fraction of sp³-hybridized carbons (Fsp3) is 0.0625. The Hall–Kier alpha value is -3.55. The number of hydrogen-bond acceptors (Lipinski definition) is 6. The number of esters is 1. The molecule has 8 heteroatoms. The topological polar surface area (TPSA) is 107 Å². The molecular formula is C16H10N2O6. The number of anilines is 1. The normalized spacial score (nSPS) is 13.0. The van der Waals surface area contributed by atoms with Crippen molar-refractivity contribution in [3.05, 3.63) is 69.3 Å². The van der Waals surface area contributed by atoms with Crippen LogP contribution in [-0.4, -0.2) is 29.8 Å². The van der Waals surface area contributed by atoms with Crippen LogP contribution in [0.2, 0.25) is 0 Å². The molecule has 24 heavy (non-hydrogen) atoms. The highest BCUT2D eigenvalue weighted by molar-refractivity contribution is 6.35. The monoisotopic (exact) mass is 326 g/mol. The van der Waals surface area contributed by atoms with E-state index in [9.17, 15) is 24.5 Å². The van der Waals surface area contributed by atoms with Crippen molar-refractivity contribution >= 4 is 29.2 Å². The Labute approximate surface area is 135 Å². The number of nitro benzene ring substituents is 1. The second-order valence-electron chi connectivity index (χ2n) is 4.94. The molecule has 120 valence electrons. The van der Waals surface area contributed by atoms with Crippen LogP contribution >= 0.6 is 0 Å². The van der Waals surface area contributed by atoms with Gasteiger partial charge in [-0.15, -0.1) is 0 Å². The number of ether oxygens (including phenoxy) is 1. The van der Waals surface area contributed by atoms with Gasteiger partial charge in [-0.25, -0.2) is 9.69 Å². The maximum Gasteiger partial charge on any atom is 0.337 e. The van der Waals surface area contributed by atoms with Gasteiger partial charge in [0, 0.05) is 6.07 Å². The lowest BCUT2D eigenvalue weighted by Crippen LogP contribution is -2.29. The molecule has 0 spiro atoms. The van der Waals surface area contributed by atoms with Crippen molar-refractivity contribution in [2.24, 2.45) is 0 Å². The highest BCUT2D eigenvalue weighted by atomic mass is 16.6. The third-order valence-corrected chi connectivity index (χ3v) is 3.64. The summed E-state index contributed by atoms with van der Waals surface area (Å²) in [6, 6.07) is 9.50. The fourth-order valence-electron chi connectivity index (χ4n) is 2.52. The van der Waals surface area contributed by atoms with Gasteiger partial charge in [0.1, 0.15) is 5.56 Å². The highest BCUT2D eigenvalue weighted by Gasteiger charge is 2.41. The van der Waals surface area contributed by atoms with Gasteiger partial charge in [-0.3, -0.25) is 19.7 Å². The number of rotatable bonds is 3. The Balaban J connectivity index is 2.04. The number of fused-ring (bicyclic) bond motifs is 1. The van der Waals surface area contributed by atoms with Gasteiger partial charge in [-0.1, -0.05) is 6.07 Å². The summed E-state index contributed by atoms with van der Waals surface area (Å²) in [5.41, 5.74) is -0.206. The molecule has 0 saturated carbocycles. The van der Waals surface area contributed by atoms with E-state index in [2.05, 4.69) is 4.74 Å². The molecule has 0 radical (unpaired) electrons. The predicted molar refractivity (Wildman–Crippen MR) is 82.0 cm³/mol. The van der Waals surface area contributed by atoms with Crippen LogP contribution in [0.5, 0.6) is 0 Å². The summed E-state index contributed by atoms with van der Waals surface area (Å²) in [5.74, 6) is -1.97. The van der Waals surface area contributed by atoms with Crippen molar-refractivity contribution < 1.29 is 24.0 Å². The quantitative estimate of drug-likeness (QED) is 0.370. The van der Waals surface area contributed by atoms with Crippen molar-refractivity contribution in [3.63, 3.8) is 0 Å². The van der Waals surface area contributed by atoms with Crippen molar-refractivity contribution in [1.82, 2.24) is 0 Å². The molecule has 0 aliphatic carbocycles. The van der Waals surface area contributed by atoms with Gasteiger partial charge in [0.25, 0.3) is 17.5 Å². The number of benzene rings is 2. The number of carbonyl (C=O) groups excluding carboxylic acids is 3. The zero-order chi connectivity index (χ0) is 17.4. The summed E-state index contributed by atoms with van der Waals surface area (Å²) in [5, 5.41) is 11.1. The van der Waals surface area contributed by atoms with E-state index < -0.39 is 28.4 Å². The molecule has 2 aromatic rings. The Morgan fingerprint density at radius 1 is 1.08 bits per heavy atom. The average Bonchev–Trinajstić information content (AvgIpc) is 2.85. The SMILES string of the molecule is COC(=O)c1ccc(N2C(=O)c3cccc([N+](=O)[O-])c3C2=O)cc1. The van der Waals surface area contributed by atoms with E-state index in [-0.39, 0.29) is 22.4 Å². The lowest BCUT2D eigenvalue weighted by Gasteiger charge is -2.13. The third kappa shape index (κ3) is 2.21. The van der Waals surface area contributed by atoms with E-state index in [1.807, 2.05) is 0 Å². The average molecular weight is 326 g/mol. The maximum atomic E-state index is 12.5. The van der Waals surface area contributed by atoms with Crippen molar-refractivity contribution in [3.8, 4) is 0 Å². The second kappa shape index (κ2) is 5.58. The summed E-state index contributed by atoms with van der Waals surface area (Å²) in [6.45, 7) is 0. The van der Waals surface area contributed by atoms with E-state index in [0.717, 1.165) is 4.90 Å². The molecule has 0 bridgehead atoms. The third-order valence-electron chi connectivity index (χ3n) is 3.64. The molecule has 3 rings (SSSR count). The lowest BCUT2D eigenvalue weighted by atomic mass is 10.1. The van der Waals surface area contributed by atoms with Gasteiger partial charge >= 0.3 is 5.97 Å². The first-order chi connectivity index (χ1) is 11.5. The van der Waals surface area contributed by atoms with Gasteiger partial charge < -0.3 is 4.74 Å². The Bertz CT molecular complexity index is 888. The summed E-state index contributed by atoms with van der Waals surface area (Å²) in [7, 11) is 1.24. The zero-order valence-electron chi connectivity index (χ0n) is 12.4. The predicted octanol–water partition coefficient (Wildman–Crippen LogP) is 2.18. The van der Waals surface area contributed by atoms with E-state index >= 15 is 0 Å². The number of nitrogens with zero attached hydrogens (tertiary/aromatic N) is 2. The Kier molecular flexibility index (Phi) is 3.57. The van der Waals surface area contributed by atoms with Crippen LogP contribution in [0.15, 0.2) is 42.5 Å². The molecule has 0 fully saturated rings. The zero-order valence-corrected chi connectivity index (χ0v) is 12.4. The first-order valence-electron chi connectivity index (χ1n) is 6.80. The number of carbonyl (C=O) groups is 3. The summed E-state index contributed by atoms with van der Waals surface area (Å²) < 4.78 is 4.58. The Morgan fingerprint density at radius 3 is 2.33 bits per heavy atom. The van der Waals surface area contributed by atoms with Crippen LogP contribution in [0.4, 0.5) is 11.4 Å². The van der Waals surface area contributed by atoms with Gasteiger partial charge in [-0.05, 0) is 30.3 Å². The molecule has 0 atom stereocenters. The highest BCUT2D eigenvalue weighted by Crippen LogP contribution is 2.33. The van der Waals surface area contributed by atoms with Crippen LogP contribution in [0.25, 0.3) is 0 Å². The minimum absolute atomic E-state index is 0.0220. The molecule has 1 aliphatic heterocycles. The summed E-state index contributed by atoms with van der Waals surface area (Å²) in [4.78, 5) is 47.6. The van der Waals surface area contributed by atoms with Gasteiger partial charge in [-0.2, -0.15) is 0 Å². The van der Waals surface area contributed by atoms with Crippen molar-refractivity contribution in [2.45, 2.75) is 0 Å². The molecule has 0 aromatic heterocycles. The lowest BCUT2D eigenvalue weighted by molar-refractivity contribution is -0.385. The molecule has 0 N–H and O–H groups in total. The molecule has 1 heterocycles. The van der Waals surface area contributed by atoms with E-state index in [1.165, 1.54) is 49.6 Å². The second-order valence-corrected chi connectivity index (χ2v) is 4.94. The van der Waals surface area contributed by atoms with Gasteiger partial charge in [0.2, 0.25) is 0 Å².